The summed E-state index contributed by atoms with van der Waals surface area (Å²) in [6, 6.07) is 6.68. The van der Waals surface area contributed by atoms with Crippen molar-refractivity contribution in [1.82, 2.24) is 0 Å². The molecule has 0 nitrogen and oxygen atoms in total. The summed E-state index contributed by atoms with van der Waals surface area (Å²) in [7, 11) is 0. The highest BCUT2D eigenvalue weighted by Gasteiger charge is 2.01. The minimum absolute atomic E-state index is 0.187. The van der Waals surface area contributed by atoms with Gasteiger partial charge in [-0.3, -0.25) is 0 Å². The van der Waals surface area contributed by atoms with Gasteiger partial charge in [0, 0.05) is 9.14 Å². The summed E-state index contributed by atoms with van der Waals surface area (Å²) in [5.74, 6) is -0.187. The Bertz CT molecular complexity index is 283. The molecule has 0 radical (unpaired) electrons. The first-order chi connectivity index (χ1) is 5.25. The molecule has 0 bridgehead atoms. The van der Waals surface area contributed by atoms with E-state index in [9.17, 15) is 4.39 Å². The number of rotatable bonds is 1. The lowest BCUT2D eigenvalue weighted by Crippen LogP contribution is -1.81. The van der Waals surface area contributed by atoms with Gasteiger partial charge in [0.2, 0.25) is 0 Å². The van der Waals surface area contributed by atoms with E-state index in [2.05, 4.69) is 38.5 Å². The number of hydrogen-bond acceptors (Lipinski definition) is 0. The van der Waals surface area contributed by atoms with Gasteiger partial charge < -0.3 is 0 Å². The van der Waals surface area contributed by atoms with Crippen LogP contribution in [0.25, 0.3) is 3.58 Å². The third-order valence-electron chi connectivity index (χ3n) is 1.23. The van der Waals surface area contributed by atoms with Gasteiger partial charge in [-0.2, -0.15) is 0 Å². The summed E-state index contributed by atoms with van der Waals surface area (Å²) in [4.78, 5) is 1.70. The molecule has 58 valence electrons. The van der Waals surface area contributed by atoms with Crippen molar-refractivity contribution in [3.8, 4) is 0 Å². The largest absolute Gasteiger partial charge is 0.206 e. The summed E-state index contributed by atoms with van der Waals surface area (Å²) in [5, 5.41) is 0. The van der Waals surface area contributed by atoms with Crippen LogP contribution in [0.15, 0.2) is 29.3 Å². The number of benzene rings is 1. The molecule has 0 aliphatic heterocycles. The molecular formula is C8H5BrFI. The zero-order valence-corrected chi connectivity index (χ0v) is 9.26. The lowest BCUT2D eigenvalue weighted by atomic mass is 10.2. The maximum atomic E-state index is 13.0. The first-order valence-electron chi connectivity index (χ1n) is 2.96. The Morgan fingerprint density at radius 2 is 2.09 bits per heavy atom. The van der Waals surface area contributed by atoms with E-state index in [1.165, 1.54) is 6.07 Å². The van der Waals surface area contributed by atoms with E-state index in [0.29, 0.717) is 5.56 Å². The molecule has 0 amide bonds. The van der Waals surface area contributed by atoms with E-state index in [0.717, 1.165) is 3.58 Å². The molecule has 1 aromatic carbocycles. The Morgan fingerprint density at radius 1 is 1.45 bits per heavy atom. The third kappa shape index (κ3) is 2.27. The molecule has 0 aromatic heterocycles. The van der Waals surface area contributed by atoms with Gasteiger partial charge in [0.25, 0.3) is 0 Å². The van der Waals surface area contributed by atoms with Gasteiger partial charge >= 0.3 is 0 Å². The standard InChI is InChI=1S/C8H5BrFI/c9-5-8(11)6-3-1-2-4-7(6)10/h1-5H/b8-5-. The fourth-order valence-corrected chi connectivity index (χ4v) is 1.40. The molecule has 0 spiro atoms. The van der Waals surface area contributed by atoms with Crippen molar-refractivity contribution in [1.29, 1.82) is 0 Å². The molecule has 0 atom stereocenters. The van der Waals surface area contributed by atoms with Gasteiger partial charge in [-0.15, -0.1) is 0 Å². The summed E-state index contributed by atoms with van der Waals surface area (Å²) >= 11 is 5.22. The van der Waals surface area contributed by atoms with Crippen LogP contribution in [-0.4, -0.2) is 0 Å². The smallest absolute Gasteiger partial charge is 0.131 e. The Labute approximate surface area is 86.8 Å². The molecule has 0 heterocycles. The maximum Gasteiger partial charge on any atom is 0.131 e. The Hall–Kier alpha value is 0.1000. The van der Waals surface area contributed by atoms with E-state index in [1.807, 2.05) is 6.07 Å². The van der Waals surface area contributed by atoms with Crippen LogP contribution in [-0.2, 0) is 0 Å². The normalized spacial score (nSPS) is 11.7. The average molecular weight is 327 g/mol. The summed E-state index contributed by atoms with van der Waals surface area (Å²) in [5.41, 5.74) is 0.630. The monoisotopic (exact) mass is 326 g/mol. The Balaban J connectivity index is 3.14. The lowest BCUT2D eigenvalue weighted by molar-refractivity contribution is 0.625. The van der Waals surface area contributed by atoms with Crippen molar-refractivity contribution in [3.63, 3.8) is 0 Å². The summed E-state index contributed by atoms with van der Waals surface area (Å²) in [6.07, 6.45) is 0. The predicted molar refractivity (Wildman–Crippen MR) is 57.3 cm³/mol. The van der Waals surface area contributed by atoms with Crippen LogP contribution in [0, 0.1) is 5.82 Å². The second-order valence-electron chi connectivity index (χ2n) is 1.94. The molecule has 0 fully saturated rings. The Morgan fingerprint density at radius 3 is 2.64 bits per heavy atom. The molecular weight excluding hydrogens is 322 g/mol. The van der Waals surface area contributed by atoms with Crippen LogP contribution in [0.4, 0.5) is 4.39 Å². The number of hydrogen-bond donors (Lipinski definition) is 0. The summed E-state index contributed by atoms with van der Waals surface area (Å²) in [6.45, 7) is 0. The first-order valence-corrected chi connectivity index (χ1v) is 4.96. The van der Waals surface area contributed by atoms with Crippen molar-refractivity contribution in [2.45, 2.75) is 0 Å². The van der Waals surface area contributed by atoms with Gasteiger partial charge in [-0.25, -0.2) is 4.39 Å². The fraction of sp³-hybridized carbons (Fsp3) is 0. The lowest BCUT2D eigenvalue weighted by Gasteiger charge is -1.98. The molecule has 1 rings (SSSR count). The zero-order valence-electron chi connectivity index (χ0n) is 5.52. The quantitative estimate of drug-likeness (QED) is 0.685. The predicted octanol–water partition coefficient (Wildman–Crippen LogP) is 3.95. The summed E-state index contributed by atoms with van der Waals surface area (Å²) < 4.78 is 13.8. The Kier molecular flexibility index (Phi) is 3.51. The highest BCUT2D eigenvalue weighted by Crippen LogP contribution is 2.24. The highest BCUT2D eigenvalue weighted by molar-refractivity contribution is 14.1. The van der Waals surface area contributed by atoms with Crippen LogP contribution in [0.3, 0.4) is 0 Å². The second kappa shape index (κ2) is 4.21. The zero-order chi connectivity index (χ0) is 8.27. The fourth-order valence-electron chi connectivity index (χ4n) is 0.714. The van der Waals surface area contributed by atoms with E-state index in [-0.39, 0.29) is 5.82 Å². The topological polar surface area (TPSA) is 0 Å². The third-order valence-corrected chi connectivity index (χ3v) is 3.43. The first kappa shape index (κ1) is 9.19. The number of halogens is 3. The molecule has 0 N–H and O–H groups in total. The van der Waals surface area contributed by atoms with E-state index in [4.69, 9.17) is 0 Å². The van der Waals surface area contributed by atoms with E-state index >= 15 is 0 Å². The average Bonchev–Trinajstić information content (AvgIpc) is 2.04. The van der Waals surface area contributed by atoms with Crippen molar-refractivity contribution in [2.75, 3.05) is 0 Å². The molecule has 3 heteroatoms. The minimum atomic E-state index is -0.187. The van der Waals surface area contributed by atoms with Crippen molar-refractivity contribution < 1.29 is 4.39 Å². The molecule has 0 saturated carbocycles. The van der Waals surface area contributed by atoms with Crippen LogP contribution < -0.4 is 0 Å². The van der Waals surface area contributed by atoms with Gasteiger partial charge in [0.15, 0.2) is 0 Å². The molecule has 1 aromatic rings. The van der Waals surface area contributed by atoms with Crippen molar-refractivity contribution in [2.24, 2.45) is 0 Å². The molecule has 0 saturated heterocycles. The van der Waals surface area contributed by atoms with Crippen molar-refractivity contribution >= 4 is 42.1 Å². The highest BCUT2D eigenvalue weighted by atomic mass is 127. The van der Waals surface area contributed by atoms with Crippen LogP contribution in [0.1, 0.15) is 5.56 Å². The molecule has 11 heavy (non-hydrogen) atoms. The van der Waals surface area contributed by atoms with Crippen LogP contribution in [0.2, 0.25) is 0 Å². The molecule has 0 aliphatic carbocycles. The van der Waals surface area contributed by atoms with Gasteiger partial charge in [-0.05, 0) is 33.6 Å². The minimum Gasteiger partial charge on any atom is -0.206 e. The van der Waals surface area contributed by atoms with E-state index < -0.39 is 0 Å². The van der Waals surface area contributed by atoms with Crippen molar-refractivity contribution in [3.05, 3.63) is 40.6 Å². The van der Waals surface area contributed by atoms with Crippen LogP contribution in [0.5, 0.6) is 0 Å². The molecule has 0 unspecified atom stereocenters. The van der Waals surface area contributed by atoms with Gasteiger partial charge in [-0.1, -0.05) is 34.1 Å². The SMILES string of the molecule is Fc1ccccc1/C(I)=C/Br. The van der Waals surface area contributed by atoms with Crippen LogP contribution >= 0.6 is 38.5 Å². The van der Waals surface area contributed by atoms with Gasteiger partial charge in [0.05, 0.1) is 0 Å². The maximum absolute atomic E-state index is 13.0. The molecule has 0 aliphatic rings. The van der Waals surface area contributed by atoms with E-state index in [1.54, 1.807) is 17.1 Å². The van der Waals surface area contributed by atoms with Gasteiger partial charge in [0.1, 0.15) is 5.82 Å². The second-order valence-corrected chi connectivity index (χ2v) is 3.56.